The van der Waals surface area contributed by atoms with Crippen LogP contribution in [0.25, 0.3) is 0 Å². The van der Waals surface area contributed by atoms with Crippen molar-refractivity contribution in [2.24, 2.45) is 4.99 Å². The van der Waals surface area contributed by atoms with Crippen LogP contribution in [0.15, 0.2) is 40.7 Å². The molecule has 0 radical (unpaired) electrons. The van der Waals surface area contributed by atoms with Crippen molar-refractivity contribution in [2.75, 3.05) is 45.3 Å². The van der Waals surface area contributed by atoms with Gasteiger partial charge < -0.3 is 25.0 Å². The minimum atomic E-state index is 0. The maximum Gasteiger partial charge on any atom is 0.224 e. The van der Waals surface area contributed by atoms with Crippen LogP contribution in [-0.2, 0) is 22.5 Å². The molecule has 32 heavy (non-hydrogen) atoms. The standard InChI is InChI=1S/C23H32N4O3S.HI/c1-3-24-23(26-19-6-4-7-20(16-19)30-14-5-13-29-2)25-11-8-22(28)27-12-9-21-18(17-27)10-15-31-21;/h4,6-7,10,15-16H,3,5,8-9,11-14,17H2,1-2H3,(H2,24,25,26);1H. The number of fused-ring (bicyclic) bond motifs is 1. The third-order valence-corrected chi connectivity index (χ3v) is 5.98. The van der Waals surface area contributed by atoms with Gasteiger partial charge in [-0.1, -0.05) is 6.07 Å². The maximum atomic E-state index is 12.6. The van der Waals surface area contributed by atoms with Gasteiger partial charge in [0, 0.05) is 62.8 Å². The summed E-state index contributed by atoms with van der Waals surface area (Å²) in [4.78, 5) is 20.5. The first kappa shape index (κ1) is 26.4. The monoisotopic (exact) mass is 572 g/mol. The van der Waals surface area contributed by atoms with Gasteiger partial charge in [-0.3, -0.25) is 9.79 Å². The highest BCUT2D eigenvalue weighted by Crippen LogP contribution is 2.24. The lowest BCUT2D eigenvalue weighted by atomic mass is 10.1. The summed E-state index contributed by atoms with van der Waals surface area (Å²) in [6.07, 6.45) is 2.20. The number of amides is 1. The second-order valence-electron chi connectivity index (χ2n) is 7.29. The van der Waals surface area contributed by atoms with Gasteiger partial charge in [0.25, 0.3) is 0 Å². The minimum absolute atomic E-state index is 0. The average Bonchev–Trinajstić information content (AvgIpc) is 3.25. The largest absolute Gasteiger partial charge is 0.493 e. The Morgan fingerprint density at radius 2 is 2.16 bits per heavy atom. The molecule has 0 bridgehead atoms. The van der Waals surface area contributed by atoms with Crippen molar-refractivity contribution in [3.05, 3.63) is 46.2 Å². The summed E-state index contributed by atoms with van der Waals surface area (Å²) in [5, 5.41) is 8.63. The molecular weight excluding hydrogens is 539 g/mol. The van der Waals surface area contributed by atoms with Gasteiger partial charge in [-0.2, -0.15) is 0 Å². The number of nitrogens with zero attached hydrogens (tertiary/aromatic N) is 2. The molecule has 1 aromatic heterocycles. The highest BCUT2D eigenvalue weighted by Gasteiger charge is 2.20. The minimum Gasteiger partial charge on any atom is -0.493 e. The van der Waals surface area contributed by atoms with Crippen LogP contribution in [-0.4, -0.2) is 56.7 Å². The molecule has 0 unspecified atom stereocenters. The fourth-order valence-electron chi connectivity index (χ4n) is 3.38. The van der Waals surface area contributed by atoms with E-state index in [0.717, 1.165) is 43.9 Å². The van der Waals surface area contributed by atoms with E-state index in [-0.39, 0.29) is 29.9 Å². The van der Waals surface area contributed by atoms with Crippen molar-refractivity contribution in [1.29, 1.82) is 0 Å². The van der Waals surface area contributed by atoms with Crippen molar-refractivity contribution in [3.63, 3.8) is 0 Å². The lowest BCUT2D eigenvalue weighted by Gasteiger charge is -2.26. The van der Waals surface area contributed by atoms with Crippen molar-refractivity contribution in [1.82, 2.24) is 10.2 Å². The number of nitrogens with one attached hydrogen (secondary N) is 2. The number of rotatable bonds is 10. The van der Waals surface area contributed by atoms with E-state index in [1.165, 1.54) is 10.4 Å². The Bertz CT molecular complexity index is 874. The SMILES string of the molecule is CCNC(=NCCC(=O)N1CCc2sccc2C1)Nc1cccc(OCCCOC)c1.I. The van der Waals surface area contributed by atoms with Crippen molar-refractivity contribution >= 4 is 52.9 Å². The second kappa shape index (κ2) is 14.3. The first-order valence-electron chi connectivity index (χ1n) is 10.8. The third kappa shape index (κ3) is 8.25. The molecule has 0 atom stereocenters. The zero-order valence-corrected chi connectivity index (χ0v) is 21.9. The van der Waals surface area contributed by atoms with E-state index in [1.54, 1.807) is 18.4 Å². The number of ether oxygens (including phenoxy) is 2. The molecule has 2 N–H and O–H groups in total. The number of aliphatic imine (C=N–C) groups is 1. The van der Waals surface area contributed by atoms with Gasteiger partial charge in [-0.25, -0.2) is 0 Å². The summed E-state index contributed by atoms with van der Waals surface area (Å²) in [5.74, 6) is 1.61. The van der Waals surface area contributed by atoms with E-state index in [1.807, 2.05) is 36.1 Å². The number of benzene rings is 1. The number of carbonyl (C=O) groups excluding carboxylic acids is 1. The summed E-state index contributed by atoms with van der Waals surface area (Å²) in [6.45, 7) is 6.00. The van der Waals surface area contributed by atoms with Gasteiger partial charge >= 0.3 is 0 Å². The number of halogens is 1. The summed E-state index contributed by atoms with van der Waals surface area (Å²) < 4.78 is 10.8. The van der Waals surface area contributed by atoms with Crippen LogP contribution in [0.3, 0.4) is 0 Å². The lowest BCUT2D eigenvalue weighted by molar-refractivity contribution is -0.131. The Labute approximate surface area is 211 Å². The first-order chi connectivity index (χ1) is 15.2. The highest BCUT2D eigenvalue weighted by molar-refractivity contribution is 14.0. The summed E-state index contributed by atoms with van der Waals surface area (Å²) in [7, 11) is 1.69. The normalized spacial score (nSPS) is 13.2. The molecule has 1 aliphatic rings. The molecule has 2 heterocycles. The predicted molar refractivity (Wildman–Crippen MR) is 142 cm³/mol. The number of guanidine groups is 1. The zero-order chi connectivity index (χ0) is 21.9. The molecule has 1 aromatic carbocycles. The topological polar surface area (TPSA) is 75.2 Å². The Morgan fingerprint density at radius 1 is 1.28 bits per heavy atom. The molecular formula is C23H33IN4O3S. The molecule has 0 saturated heterocycles. The second-order valence-corrected chi connectivity index (χ2v) is 8.29. The Hall–Kier alpha value is -1.85. The fourth-order valence-corrected chi connectivity index (χ4v) is 4.27. The Balaban J connectivity index is 0.00000363. The molecule has 9 heteroatoms. The average molecular weight is 573 g/mol. The molecule has 0 spiro atoms. The van der Waals surface area contributed by atoms with E-state index in [0.29, 0.717) is 32.1 Å². The summed E-state index contributed by atoms with van der Waals surface area (Å²) in [6, 6.07) is 9.90. The van der Waals surface area contributed by atoms with E-state index in [4.69, 9.17) is 9.47 Å². The van der Waals surface area contributed by atoms with Crippen LogP contribution in [0.5, 0.6) is 5.75 Å². The van der Waals surface area contributed by atoms with E-state index < -0.39 is 0 Å². The number of thiophene rings is 1. The van der Waals surface area contributed by atoms with E-state index in [2.05, 4.69) is 27.1 Å². The molecule has 0 fully saturated rings. The number of hydrogen-bond acceptors (Lipinski definition) is 5. The van der Waals surface area contributed by atoms with E-state index >= 15 is 0 Å². The molecule has 3 rings (SSSR count). The molecule has 0 aliphatic carbocycles. The van der Waals surface area contributed by atoms with Gasteiger partial charge in [0.05, 0.1) is 13.2 Å². The number of carbonyl (C=O) groups is 1. The molecule has 0 saturated carbocycles. The van der Waals surface area contributed by atoms with Crippen LogP contribution in [0.2, 0.25) is 0 Å². The molecule has 1 aliphatic heterocycles. The van der Waals surface area contributed by atoms with Crippen LogP contribution >= 0.6 is 35.3 Å². The fraction of sp³-hybridized carbons (Fsp3) is 0.478. The molecule has 1 amide bonds. The van der Waals surface area contributed by atoms with Gasteiger partial charge in [0.2, 0.25) is 5.91 Å². The maximum absolute atomic E-state index is 12.6. The lowest BCUT2D eigenvalue weighted by Crippen LogP contribution is -2.36. The van der Waals surface area contributed by atoms with E-state index in [9.17, 15) is 4.79 Å². The first-order valence-corrected chi connectivity index (χ1v) is 11.7. The van der Waals surface area contributed by atoms with Crippen molar-refractivity contribution in [2.45, 2.75) is 32.7 Å². The molecule has 7 nitrogen and oxygen atoms in total. The number of hydrogen-bond donors (Lipinski definition) is 2. The number of anilines is 1. The Kier molecular flexibility index (Phi) is 11.8. The van der Waals surface area contributed by atoms with Crippen molar-refractivity contribution in [3.8, 4) is 5.75 Å². The predicted octanol–water partition coefficient (Wildman–Crippen LogP) is 4.13. The van der Waals surface area contributed by atoms with Crippen LogP contribution in [0, 0.1) is 0 Å². The number of methoxy groups -OCH3 is 1. The van der Waals surface area contributed by atoms with Crippen LogP contribution in [0.1, 0.15) is 30.2 Å². The van der Waals surface area contributed by atoms with Crippen LogP contribution < -0.4 is 15.4 Å². The summed E-state index contributed by atoms with van der Waals surface area (Å²) >= 11 is 1.78. The van der Waals surface area contributed by atoms with Crippen LogP contribution in [0.4, 0.5) is 5.69 Å². The summed E-state index contributed by atoms with van der Waals surface area (Å²) in [5.41, 5.74) is 2.17. The Morgan fingerprint density at radius 3 is 2.97 bits per heavy atom. The van der Waals surface area contributed by atoms with Gasteiger partial charge in [0.15, 0.2) is 5.96 Å². The van der Waals surface area contributed by atoms with Gasteiger partial charge in [-0.15, -0.1) is 35.3 Å². The molecule has 2 aromatic rings. The zero-order valence-electron chi connectivity index (χ0n) is 18.8. The third-order valence-electron chi connectivity index (χ3n) is 4.96. The smallest absolute Gasteiger partial charge is 0.224 e. The highest BCUT2D eigenvalue weighted by atomic mass is 127. The van der Waals surface area contributed by atoms with Gasteiger partial charge in [0.1, 0.15) is 5.75 Å². The van der Waals surface area contributed by atoms with Crippen molar-refractivity contribution < 1.29 is 14.3 Å². The van der Waals surface area contributed by atoms with Gasteiger partial charge in [-0.05, 0) is 42.5 Å². The molecule has 176 valence electrons. The quantitative estimate of drug-likeness (QED) is 0.194.